The molecule has 0 aliphatic carbocycles. The van der Waals surface area contributed by atoms with E-state index in [2.05, 4.69) is 77.6 Å². The fraction of sp³-hybridized carbons (Fsp3) is 0.520. The maximum absolute atomic E-state index is 5.35. The summed E-state index contributed by atoms with van der Waals surface area (Å²) >= 11 is 10.7. The predicted octanol–water partition coefficient (Wildman–Crippen LogP) is 6.92. The van der Waals surface area contributed by atoms with Gasteiger partial charge in [0.1, 0.15) is 0 Å². The van der Waals surface area contributed by atoms with Crippen LogP contribution in [0.3, 0.4) is 0 Å². The number of para-hydroxylation sites is 2. The molecule has 0 fully saturated rings. The SMILES string of the molecule is CC(C)P(C(C)C)C(C)C.CN(CCN(C)c1ccccc1[S-])c1ccccc1[S-].N.[Ru+2]. The van der Waals surface area contributed by atoms with Gasteiger partial charge < -0.3 is 41.2 Å². The quantitative estimate of drug-likeness (QED) is 0.209. The maximum atomic E-state index is 5.35. The van der Waals surface area contributed by atoms with E-state index in [0.717, 1.165) is 51.2 Å². The zero-order chi connectivity index (χ0) is 22.8. The molecule has 0 saturated heterocycles. The van der Waals surface area contributed by atoms with Crippen LogP contribution in [0.25, 0.3) is 0 Å². The minimum Gasteiger partial charge on any atom is -0.778 e. The first-order valence-corrected chi connectivity index (χ1v) is 13.1. The standard InChI is InChI=1S/C16H20N2S2.C9H21P.H3N.Ru/c1-17(13-7-3-5-9-15(13)19)11-12-18(2)14-8-4-6-10-16(14)20;1-7(2)10(8(3)4)9(5)6;;/h3-10,19-20H,11-12H2,1-2H3;7-9H,1-6H3;1H3;/q;;;+2/p-2. The van der Waals surface area contributed by atoms with E-state index in [4.69, 9.17) is 25.3 Å². The first kappa shape index (κ1) is 33.7. The van der Waals surface area contributed by atoms with Crippen molar-refractivity contribution in [2.75, 3.05) is 37.0 Å². The molecule has 3 N–H and O–H groups in total. The molecule has 2 aromatic rings. The first-order chi connectivity index (χ1) is 14.1. The van der Waals surface area contributed by atoms with Crippen LogP contribution in [-0.4, -0.2) is 44.2 Å². The molecule has 0 aliphatic rings. The largest absolute Gasteiger partial charge is 2.00 e. The Kier molecular flexibility index (Phi) is 17.9. The molecule has 0 amide bonds. The zero-order valence-electron chi connectivity index (χ0n) is 21.0. The summed E-state index contributed by atoms with van der Waals surface area (Å²) in [6.07, 6.45) is 0. The van der Waals surface area contributed by atoms with Gasteiger partial charge in [-0.25, -0.2) is 0 Å². The molecule has 0 unspecified atom stereocenters. The van der Waals surface area contributed by atoms with Gasteiger partial charge in [0.2, 0.25) is 0 Å². The van der Waals surface area contributed by atoms with Crippen LogP contribution in [0.4, 0.5) is 11.4 Å². The molecule has 0 aromatic heterocycles. The van der Waals surface area contributed by atoms with Gasteiger partial charge in [-0.3, -0.25) is 0 Å². The van der Waals surface area contributed by atoms with E-state index in [1.807, 2.05) is 36.4 Å². The van der Waals surface area contributed by atoms with Crippen molar-refractivity contribution in [2.45, 2.75) is 68.3 Å². The van der Waals surface area contributed by atoms with Crippen LogP contribution < -0.4 is 16.0 Å². The molecule has 0 aliphatic heterocycles. The Labute approximate surface area is 223 Å². The minimum absolute atomic E-state index is 0. The maximum Gasteiger partial charge on any atom is 2.00 e. The second-order valence-corrected chi connectivity index (χ2v) is 13.4. The van der Waals surface area contributed by atoms with Crippen LogP contribution in [0.5, 0.6) is 0 Å². The molecule has 0 saturated carbocycles. The molecule has 7 heteroatoms. The summed E-state index contributed by atoms with van der Waals surface area (Å²) in [7, 11) is 4.40. The van der Waals surface area contributed by atoms with E-state index in [1.54, 1.807) is 0 Å². The van der Waals surface area contributed by atoms with Gasteiger partial charge in [0.25, 0.3) is 0 Å². The van der Waals surface area contributed by atoms with E-state index in [9.17, 15) is 0 Å². The summed E-state index contributed by atoms with van der Waals surface area (Å²) in [5.41, 5.74) is 4.89. The molecule has 0 radical (unpaired) electrons. The molecule has 32 heavy (non-hydrogen) atoms. The summed E-state index contributed by atoms with van der Waals surface area (Å²) in [4.78, 5) is 6.15. The molecular weight excluding hydrogens is 538 g/mol. The Hall–Kier alpha value is -0.507. The van der Waals surface area contributed by atoms with Gasteiger partial charge in [0, 0.05) is 38.6 Å². The predicted molar refractivity (Wildman–Crippen MR) is 148 cm³/mol. The van der Waals surface area contributed by atoms with E-state index in [0.29, 0.717) is 0 Å². The Bertz CT molecular complexity index is 689. The Morgan fingerprint density at radius 2 is 0.938 bits per heavy atom. The summed E-state index contributed by atoms with van der Waals surface area (Å²) in [5.74, 6) is 0. The average Bonchev–Trinajstić information content (AvgIpc) is 2.66. The number of rotatable bonds is 8. The smallest absolute Gasteiger partial charge is 0.778 e. The summed E-state index contributed by atoms with van der Waals surface area (Å²) in [5, 5.41) is 0. The van der Waals surface area contributed by atoms with E-state index in [1.165, 1.54) is 0 Å². The third-order valence-electron chi connectivity index (χ3n) is 5.11. The topological polar surface area (TPSA) is 41.5 Å². The molecule has 0 bridgehead atoms. The van der Waals surface area contributed by atoms with Crippen LogP contribution in [0.15, 0.2) is 58.3 Å². The van der Waals surface area contributed by atoms with Crippen LogP contribution >= 0.6 is 7.92 Å². The summed E-state index contributed by atoms with van der Waals surface area (Å²) < 4.78 is 0. The number of hydrogen-bond donors (Lipinski definition) is 1. The van der Waals surface area contributed by atoms with Gasteiger partial charge >= 0.3 is 19.5 Å². The van der Waals surface area contributed by atoms with Crippen LogP contribution in [0.2, 0.25) is 0 Å². The van der Waals surface area contributed by atoms with Gasteiger partial charge in [-0.1, -0.05) is 85.9 Å². The number of benzene rings is 2. The molecule has 3 nitrogen and oxygen atoms in total. The van der Waals surface area contributed by atoms with Crippen molar-refractivity contribution >= 4 is 44.6 Å². The molecule has 2 aromatic carbocycles. The Morgan fingerprint density at radius 3 is 1.16 bits per heavy atom. The third kappa shape index (κ3) is 11.1. The van der Waals surface area contributed by atoms with Crippen molar-refractivity contribution in [3.63, 3.8) is 0 Å². The van der Waals surface area contributed by atoms with Gasteiger partial charge in [-0.15, -0.1) is 0 Å². The van der Waals surface area contributed by atoms with Crippen molar-refractivity contribution in [1.82, 2.24) is 6.15 Å². The second kappa shape index (κ2) is 17.0. The molecule has 0 atom stereocenters. The van der Waals surface area contributed by atoms with E-state index in [-0.39, 0.29) is 33.6 Å². The number of anilines is 2. The first-order valence-electron chi connectivity index (χ1n) is 10.8. The molecule has 0 spiro atoms. The van der Waals surface area contributed by atoms with Crippen molar-refractivity contribution < 1.29 is 19.5 Å². The van der Waals surface area contributed by atoms with Crippen LogP contribution in [0.1, 0.15) is 41.5 Å². The minimum atomic E-state index is 0. The fourth-order valence-corrected chi connectivity index (χ4v) is 8.06. The Morgan fingerprint density at radius 1 is 0.656 bits per heavy atom. The molecule has 2 rings (SSSR count). The normalized spacial score (nSPS) is 10.4. The zero-order valence-corrected chi connectivity index (χ0v) is 25.2. The number of likely N-dealkylation sites (N-methyl/N-ethyl adjacent to an activating group) is 2. The van der Waals surface area contributed by atoms with Crippen LogP contribution in [0, 0.1) is 0 Å². The van der Waals surface area contributed by atoms with Crippen molar-refractivity contribution in [1.29, 1.82) is 0 Å². The van der Waals surface area contributed by atoms with Crippen molar-refractivity contribution in [3.8, 4) is 0 Å². The average molecular weight is 581 g/mol. The van der Waals surface area contributed by atoms with Gasteiger partial charge in [0.05, 0.1) is 0 Å². The van der Waals surface area contributed by atoms with Crippen molar-refractivity contribution in [3.05, 3.63) is 48.5 Å². The van der Waals surface area contributed by atoms with Gasteiger partial charge in [-0.2, -0.15) is 9.79 Å². The molecule has 0 heterocycles. The number of hydrogen-bond acceptors (Lipinski definition) is 5. The molecule has 182 valence electrons. The van der Waals surface area contributed by atoms with Gasteiger partial charge in [-0.05, 0) is 29.1 Å². The third-order valence-corrected chi connectivity index (χ3v) is 9.38. The summed E-state index contributed by atoms with van der Waals surface area (Å²) in [6, 6.07) is 16.0. The van der Waals surface area contributed by atoms with Crippen molar-refractivity contribution in [2.24, 2.45) is 0 Å². The monoisotopic (exact) mass is 581 g/mol. The fourth-order valence-electron chi connectivity index (χ4n) is 3.87. The summed E-state index contributed by atoms with van der Waals surface area (Å²) in [6.45, 7) is 15.9. The second-order valence-electron chi connectivity index (χ2n) is 8.51. The van der Waals surface area contributed by atoms with Gasteiger partial charge in [0.15, 0.2) is 0 Å². The van der Waals surface area contributed by atoms with Crippen LogP contribution in [-0.2, 0) is 44.7 Å². The van der Waals surface area contributed by atoms with E-state index >= 15 is 0 Å². The van der Waals surface area contributed by atoms with E-state index < -0.39 is 0 Å². The molecular formula is C25H42N3PRuS2. The number of nitrogens with zero attached hydrogens (tertiary/aromatic N) is 2. The Balaban J connectivity index is 0.